The summed E-state index contributed by atoms with van der Waals surface area (Å²) in [4.78, 5) is 29.1. The summed E-state index contributed by atoms with van der Waals surface area (Å²) in [5.74, 6) is 0.808. The molecule has 2 amide bonds. The molecule has 4 rings (SSSR count). The first-order chi connectivity index (χ1) is 15.5. The van der Waals surface area contributed by atoms with Gasteiger partial charge in [0.25, 0.3) is 5.91 Å². The van der Waals surface area contributed by atoms with Crippen molar-refractivity contribution in [2.24, 2.45) is 0 Å². The van der Waals surface area contributed by atoms with E-state index in [2.05, 4.69) is 5.32 Å². The second-order valence-electron chi connectivity index (χ2n) is 7.66. The lowest BCUT2D eigenvalue weighted by atomic mass is 9.81. The van der Waals surface area contributed by atoms with Gasteiger partial charge in [-0.15, -0.1) is 11.3 Å². The molecule has 0 spiro atoms. The SMILES string of the molecule is COc1ccc(CCNC(=O)[C@@H]2c3ccccc3C(=O)N(C)[C@H]2c2cccs2)c(OC)c1. The highest BCUT2D eigenvalue weighted by atomic mass is 32.1. The highest BCUT2D eigenvalue weighted by Crippen LogP contribution is 2.43. The Hall–Kier alpha value is -3.32. The molecule has 2 aromatic carbocycles. The van der Waals surface area contributed by atoms with Crippen molar-refractivity contribution in [3.63, 3.8) is 0 Å². The molecular weight excluding hydrogens is 424 g/mol. The number of carbonyl (C=O) groups excluding carboxylic acids is 2. The Morgan fingerprint density at radius 1 is 1.09 bits per heavy atom. The van der Waals surface area contributed by atoms with Crippen LogP contribution in [0.25, 0.3) is 0 Å². The molecule has 0 aliphatic carbocycles. The predicted molar refractivity (Wildman–Crippen MR) is 125 cm³/mol. The van der Waals surface area contributed by atoms with Gasteiger partial charge < -0.3 is 19.7 Å². The quantitative estimate of drug-likeness (QED) is 0.590. The Morgan fingerprint density at radius 2 is 1.91 bits per heavy atom. The average molecular weight is 451 g/mol. The molecule has 2 atom stereocenters. The zero-order chi connectivity index (χ0) is 22.7. The molecule has 0 saturated carbocycles. The number of methoxy groups -OCH3 is 2. The number of fused-ring (bicyclic) bond motifs is 1. The maximum absolute atomic E-state index is 13.5. The molecule has 32 heavy (non-hydrogen) atoms. The van der Waals surface area contributed by atoms with Crippen LogP contribution in [0.3, 0.4) is 0 Å². The van der Waals surface area contributed by atoms with E-state index in [1.165, 1.54) is 0 Å². The molecule has 7 heteroatoms. The van der Waals surface area contributed by atoms with Crippen molar-refractivity contribution in [1.82, 2.24) is 10.2 Å². The topological polar surface area (TPSA) is 67.9 Å². The Bertz CT molecular complexity index is 1110. The highest BCUT2D eigenvalue weighted by Gasteiger charge is 2.42. The van der Waals surface area contributed by atoms with Crippen LogP contribution >= 0.6 is 11.3 Å². The maximum Gasteiger partial charge on any atom is 0.254 e. The third kappa shape index (κ3) is 4.08. The van der Waals surface area contributed by atoms with Crippen LogP contribution in [0.5, 0.6) is 11.5 Å². The van der Waals surface area contributed by atoms with Gasteiger partial charge >= 0.3 is 0 Å². The molecule has 1 aromatic heterocycles. The molecular formula is C25H26N2O4S. The van der Waals surface area contributed by atoms with Gasteiger partial charge in [0.2, 0.25) is 5.91 Å². The molecule has 1 aliphatic heterocycles. The van der Waals surface area contributed by atoms with E-state index >= 15 is 0 Å². The molecule has 0 radical (unpaired) electrons. The second kappa shape index (κ2) is 9.44. The van der Waals surface area contributed by atoms with Gasteiger partial charge in [-0.05, 0) is 41.1 Å². The lowest BCUT2D eigenvalue weighted by Crippen LogP contribution is -2.45. The van der Waals surface area contributed by atoms with Crippen LogP contribution in [-0.2, 0) is 11.2 Å². The number of likely N-dealkylation sites (N-methyl/N-ethyl adjacent to an activating group) is 1. The van der Waals surface area contributed by atoms with E-state index in [1.807, 2.05) is 53.9 Å². The van der Waals surface area contributed by atoms with Gasteiger partial charge in [0.1, 0.15) is 11.5 Å². The van der Waals surface area contributed by atoms with Gasteiger partial charge in [-0.1, -0.05) is 30.3 Å². The third-order valence-electron chi connectivity index (χ3n) is 5.88. The Morgan fingerprint density at radius 3 is 2.62 bits per heavy atom. The summed E-state index contributed by atoms with van der Waals surface area (Å²) < 4.78 is 10.7. The number of carbonyl (C=O) groups is 2. The van der Waals surface area contributed by atoms with E-state index in [4.69, 9.17) is 9.47 Å². The number of amides is 2. The van der Waals surface area contributed by atoms with E-state index in [-0.39, 0.29) is 17.9 Å². The first-order valence-corrected chi connectivity index (χ1v) is 11.3. The average Bonchev–Trinajstić information content (AvgIpc) is 3.35. The zero-order valence-corrected chi connectivity index (χ0v) is 19.1. The molecule has 1 N–H and O–H groups in total. The van der Waals surface area contributed by atoms with Gasteiger partial charge in [0.05, 0.1) is 26.2 Å². The van der Waals surface area contributed by atoms with Crippen LogP contribution in [0.2, 0.25) is 0 Å². The lowest BCUT2D eigenvalue weighted by molar-refractivity contribution is -0.124. The molecule has 0 fully saturated rings. The number of nitrogens with one attached hydrogen (secondary N) is 1. The van der Waals surface area contributed by atoms with Gasteiger partial charge in [0.15, 0.2) is 0 Å². The number of hydrogen-bond acceptors (Lipinski definition) is 5. The fraction of sp³-hybridized carbons (Fsp3) is 0.280. The molecule has 3 aromatic rings. The summed E-state index contributed by atoms with van der Waals surface area (Å²) in [6.45, 7) is 0.453. The van der Waals surface area contributed by atoms with Crippen molar-refractivity contribution in [3.8, 4) is 11.5 Å². The summed E-state index contributed by atoms with van der Waals surface area (Å²) in [5, 5.41) is 5.06. The minimum Gasteiger partial charge on any atom is -0.497 e. The lowest BCUT2D eigenvalue weighted by Gasteiger charge is -2.39. The van der Waals surface area contributed by atoms with Crippen LogP contribution in [0, 0.1) is 0 Å². The minimum atomic E-state index is -0.481. The van der Waals surface area contributed by atoms with E-state index in [0.29, 0.717) is 18.5 Å². The molecule has 0 saturated heterocycles. The van der Waals surface area contributed by atoms with E-state index in [0.717, 1.165) is 27.5 Å². The summed E-state index contributed by atoms with van der Waals surface area (Å²) in [7, 11) is 5.00. The predicted octanol–water partition coefficient (Wildman–Crippen LogP) is 4.03. The van der Waals surface area contributed by atoms with Gasteiger partial charge in [-0.2, -0.15) is 0 Å². The molecule has 166 valence electrons. The van der Waals surface area contributed by atoms with Gasteiger partial charge in [-0.3, -0.25) is 9.59 Å². The first kappa shape index (κ1) is 21.9. The number of thiophene rings is 1. The van der Waals surface area contributed by atoms with Crippen LogP contribution in [0.1, 0.15) is 38.3 Å². The summed E-state index contributed by atoms with van der Waals surface area (Å²) in [6, 6.07) is 16.6. The van der Waals surface area contributed by atoms with Crippen molar-refractivity contribution in [1.29, 1.82) is 0 Å². The van der Waals surface area contributed by atoms with Gasteiger partial charge in [0, 0.05) is 30.1 Å². The van der Waals surface area contributed by atoms with Crippen molar-refractivity contribution in [3.05, 3.63) is 81.5 Å². The zero-order valence-electron chi connectivity index (χ0n) is 18.3. The monoisotopic (exact) mass is 450 g/mol. The smallest absolute Gasteiger partial charge is 0.254 e. The highest BCUT2D eigenvalue weighted by molar-refractivity contribution is 7.10. The van der Waals surface area contributed by atoms with Crippen molar-refractivity contribution in [2.75, 3.05) is 27.8 Å². The fourth-order valence-electron chi connectivity index (χ4n) is 4.26. The molecule has 2 heterocycles. The van der Waals surface area contributed by atoms with Gasteiger partial charge in [-0.25, -0.2) is 0 Å². The van der Waals surface area contributed by atoms with Crippen LogP contribution in [0.15, 0.2) is 60.0 Å². The van der Waals surface area contributed by atoms with Crippen LogP contribution in [0.4, 0.5) is 0 Å². The Labute approximate surface area is 191 Å². The van der Waals surface area contributed by atoms with Crippen molar-refractivity contribution >= 4 is 23.2 Å². The number of ether oxygens (including phenoxy) is 2. The maximum atomic E-state index is 13.5. The normalized spacial score (nSPS) is 17.6. The molecule has 0 bridgehead atoms. The summed E-state index contributed by atoms with van der Waals surface area (Å²) in [6.07, 6.45) is 0.617. The van der Waals surface area contributed by atoms with E-state index < -0.39 is 5.92 Å². The summed E-state index contributed by atoms with van der Waals surface area (Å²) >= 11 is 1.56. The van der Waals surface area contributed by atoms with Crippen molar-refractivity contribution in [2.45, 2.75) is 18.4 Å². The third-order valence-corrected chi connectivity index (χ3v) is 6.83. The van der Waals surface area contributed by atoms with E-state index in [1.54, 1.807) is 43.6 Å². The molecule has 1 aliphatic rings. The largest absolute Gasteiger partial charge is 0.497 e. The molecule has 6 nitrogen and oxygen atoms in total. The van der Waals surface area contributed by atoms with Crippen molar-refractivity contribution < 1.29 is 19.1 Å². The van der Waals surface area contributed by atoms with E-state index in [9.17, 15) is 9.59 Å². The Balaban J connectivity index is 1.57. The Kier molecular flexibility index (Phi) is 6.46. The fourth-order valence-corrected chi connectivity index (χ4v) is 5.17. The number of benzene rings is 2. The van der Waals surface area contributed by atoms with Crippen LogP contribution in [-0.4, -0.2) is 44.5 Å². The summed E-state index contributed by atoms with van der Waals surface area (Å²) in [5.41, 5.74) is 2.34. The number of rotatable bonds is 7. The first-order valence-electron chi connectivity index (χ1n) is 10.4. The standard InChI is InChI=1S/C25H26N2O4S/c1-27-23(21-9-6-14-32-21)22(18-7-4-5-8-19(18)25(27)29)24(28)26-13-12-16-10-11-17(30-2)15-20(16)31-3/h4-11,14-15,22-23H,12-13H2,1-3H3,(H,26,28)/t22-,23+/m1/s1. The second-order valence-corrected chi connectivity index (χ2v) is 8.64. The van der Waals surface area contributed by atoms with Crippen LogP contribution < -0.4 is 14.8 Å². The minimum absolute atomic E-state index is 0.0639. The number of nitrogens with zero attached hydrogens (tertiary/aromatic N) is 1. The molecule has 0 unspecified atom stereocenters. The number of hydrogen-bond donors (Lipinski definition) is 1.